The Labute approximate surface area is 159 Å². The van der Waals surface area contributed by atoms with Gasteiger partial charge < -0.3 is 25.0 Å². The number of carbonyl (C=O) groups excluding carboxylic acids is 1. The Bertz CT molecular complexity index is 940. The molecule has 1 aromatic carbocycles. The van der Waals surface area contributed by atoms with Crippen LogP contribution >= 0.6 is 0 Å². The third-order valence-corrected chi connectivity index (χ3v) is 4.55. The minimum Gasteiger partial charge on any atom is -0.394 e. The number of nitrogens with zero attached hydrogens (tertiary/aromatic N) is 1. The maximum atomic E-state index is 12.4. The van der Waals surface area contributed by atoms with E-state index < -0.39 is 48.3 Å². The second-order valence-corrected chi connectivity index (χ2v) is 6.32. The summed E-state index contributed by atoms with van der Waals surface area (Å²) in [4.78, 5) is 38.9. The van der Waals surface area contributed by atoms with Gasteiger partial charge in [0.2, 0.25) is 0 Å². The van der Waals surface area contributed by atoms with E-state index in [1.54, 1.807) is 0 Å². The van der Waals surface area contributed by atoms with E-state index in [9.17, 15) is 24.6 Å². The van der Waals surface area contributed by atoms with Crippen LogP contribution in [0.2, 0.25) is 0 Å². The molecule has 10 nitrogen and oxygen atoms in total. The monoisotopic (exact) mass is 391 g/mol. The molecule has 4 N–H and O–H groups in total. The minimum absolute atomic E-state index is 0.199. The maximum absolute atomic E-state index is 12.4. The number of carbonyl (C=O) groups is 1. The number of rotatable bonds is 6. The number of benzene rings is 1. The zero-order chi connectivity index (χ0) is 20.3. The molecule has 150 valence electrons. The van der Waals surface area contributed by atoms with E-state index in [0.717, 1.165) is 16.3 Å². The van der Waals surface area contributed by atoms with Gasteiger partial charge in [0.05, 0.1) is 6.61 Å². The van der Waals surface area contributed by atoms with Crippen LogP contribution < -0.4 is 16.6 Å². The van der Waals surface area contributed by atoms with Crippen molar-refractivity contribution in [2.24, 2.45) is 0 Å². The van der Waals surface area contributed by atoms with Crippen LogP contribution in [0.15, 0.2) is 46.1 Å². The van der Waals surface area contributed by atoms with Crippen molar-refractivity contribution in [1.82, 2.24) is 14.9 Å². The van der Waals surface area contributed by atoms with Crippen LogP contribution in [0.4, 0.5) is 0 Å². The first-order valence-electron chi connectivity index (χ1n) is 8.61. The summed E-state index contributed by atoms with van der Waals surface area (Å²) in [5.41, 5.74) is -1.13. The van der Waals surface area contributed by atoms with Crippen LogP contribution in [0.3, 0.4) is 0 Å². The normalized spacial score (nSPS) is 24.2. The number of aromatic amines is 1. The van der Waals surface area contributed by atoms with Gasteiger partial charge in [-0.1, -0.05) is 30.3 Å². The predicted molar refractivity (Wildman–Crippen MR) is 96.7 cm³/mol. The quantitative estimate of drug-likeness (QED) is 0.481. The van der Waals surface area contributed by atoms with Crippen LogP contribution in [-0.2, 0) is 16.0 Å². The molecule has 0 aliphatic carbocycles. The predicted octanol–water partition coefficient (Wildman–Crippen LogP) is -1.27. The third kappa shape index (κ3) is 3.90. The smallest absolute Gasteiger partial charge is 0.330 e. The molecule has 4 atom stereocenters. The molecule has 0 saturated carbocycles. The number of hydrogen-bond acceptors (Lipinski definition) is 7. The molecular formula is C18H21N3O7. The van der Waals surface area contributed by atoms with Crippen LogP contribution in [0.25, 0.3) is 0 Å². The number of H-pyrrole nitrogens is 1. The highest BCUT2D eigenvalue weighted by atomic mass is 16.6. The minimum atomic E-state index is -1.19. The number of aliphatic hydroxyl groups excluding tert-OH is 2. The maximum Gasteiger partial charge on any atom is 0.330 e. The molecule has 1 saturated heterocycles. The molecular weight excluding hydrogens is 370 g/mol. The molecule has 1 aliphatic rings. The molecule has 10 heteroatoms. The van der Waals surface area contributed by atoms with Crippen molar-refractivity contribution in [2.75, 3.05) is 13.7 Å². The molecule has 2 heterocycles. The Balaban J connectivity index is 1.87. The fourth-order valence-electron chi connectivity index (χ4n) is 3.06. The first-order valence-corrected chi connectivity index (χ1v) is 8.61. The van der Waals surface area contributed by atoms with Crippen LogP contribution in [0.1, 0.15) is 22.1 Å². The van der Waals surface area contributed by atoms with Crippen molar-refractivity contribution in [2.45, 2.75) is 31.1 Å². The van der Waals surface area contributed by atoms with Gasteiger partial charge in [-0.2, -0.15) is 0 Å². The number of amides is 1. The molecule has 1 amide bonds. The number of aliphatic hydroxyl groups is 2. The summed E-state index contributed by atoms with van der Waals surface area (Å²) in [7, 11) is 1.31. The lowest BCUT2D eigenvalue weighted by molar-refractivity contribution is -0.0626. The van der Waals surface area contributed by atoms with E-state index in [0.29, 0.717) is 0 Å². The Hall–Kier alpha value is -2.79. The molecule has 3 rings (SSSR count). The number of ether oxygens (including phenoxy) is 2. The van der Waals surface area contributed by atoms with E-state index >= 15 is 0 Å². The van der Waals surface area contributed by atoms with Gasteiger partial charge in [0, 0.05) is 19.9 Å². The molecule has 0 radical (unpaired) electrons. The van der Waals surface area contributed by atoms with Gasteiger partial charge in [0.25, 0.3) is 11.5 Å². The van der Waals surface area contributed by atoms with Crippen molar-refractivity contribution in [3.63, 3.8) is 0 Å². The van der Waals surface area contributed by atoms with Gasteiger partial charge in [0.15, 0.2) is 6.23 Å². The summed E-state index contributed by atoms with van der Waals surface area (Å²) >= 11 is 0. The number of methoxy groups -OCH3 is 1. The molecule has 0 unspecified atom stereocenters. The summed E-state index contributed by atoms with van der Waals surface area (Å²) in [5, 5.41) is 22.0. The zero-order valence-electron chi connectivity index (χ0n) is 15.1. The summed E-state index contributed by atoms with van der Waals surface area (Å²) in [5.74, 6) is -0.676. The molecule has 0 bridgehead atoms. The van der Waals surface area contributed by atoms with Crippen molar-refractivity contribution < 1.29 is 24.5 Å². The zero-order valence-corrected chi connectivity index (χ0v) is 15.1. The Morgan fingerprint density at radius 1 is 1.32 bits per heavy atom. The number of hydrogen-bond donors (Lipinski definition) is 4. The van der Waals surface area contributed by atoms with E-state index in [4.69, 9.17) is 9.47 Å². The van der Waals surface area contributed by atoms with Crippen molar-refractivity contribution in [1.29, 1.82) is 0 Å². The largest absolute Gasteiger partial charge is 0.394 e. The highest BCUT2D eigenvalue weighted by Gasteiger charge is 2.45. The van der Waals surface area contributed by atoms with Crippen molar-refractivity contribution >= 4 is 5.91 Å². The van der Waals surface area contributed by atoms with Gasteiger partial charge >= 0.3 is 5.69 Å². The molecule has 1 aromatic heterocycles. The molecule has 0 spiro atoms. The fraction of sp³-hybridized carbons (Fsp3) is 0.389. The second kappa shape index (κ2) is 8.48. The fourth-order valence-corrected chi connectivity index (χ4v) is 3.06. The Morgan fingerprint density at radius 2 is 2.04 bits per heavy atom. The Kier molecular flexibility index (Phi) is 6.05. The van der Waals surface area contributed by atoms with Gasteiger partial charge in [-0.05, 0) is 5.56 Å². The Morgan fingerprint density at radius 3 is 2.68 bits per heavy atom. The average molecular weight is 391 g/mol. The molecule has 1 aliphatic heterocycles. The lowest BCUT2D eigenvalue weighted by Gasteiger charge is -2.20. The lowest BCUT2D eigenvalue weighted by Crippen LogP contribution is -2.41. The summed E-state index contributed by atoms with van der Waals surface area (Å²) < 4.78 is 11.6. The molecule has 1 fully saturated rings. The second-order valence-electron chi connectivity index (χ2n) is 6.32. The van der Waals surface area contributed by atoms with Crippen LogP contribution in [0.5, 0.6) is 0 Å². The van der Waals surface area contributed by atoms with Gasteiger partial charge in [-0.25, -0.2) is 4.79 Å². The van der Waals surface area contributed by atoms with E-state index in [2.05, 4.69) is 10.3 Å². The summed E-state index contributed by atoms with van der Waals surface area (Å²) in [6.07, 6.45) is -3.19. The highest BCUT2D eigenvalue weighted by molar-refractivity contribution is 5.93. The summed E-state index contributed by atoms with van der Waals surface area (Å²) in [6, 6.07) is 9.11. The number of aromatic nitrogens is 2. The van der Waals surface area contributed by atoms with Gasteiger partial charge in [-0.15, -0.1) is 0 Å². The molecule has 28 heavy (non-hydrogen) atoms. The van der Waals surface area contributed by atoms with Gasteiger partial charge in [-0.3, -0.25) is 19.1 Å². The third-order valence-electron chi connectivity index (χ3n) is 4.55. The van der Waals surface area contributed by atoms with Crippen LogP contribution in [-0.4, -0.2) is 57.7 Å². The SMILES string of the molecule is CO[C@@H]1[C@H](O)[C@@H](CO)O[C@H]1n1cc(C(=O)NCc2ccccc2)c(=O)[nH]c1=O. The van der Waals surface area contributed by atoms with Crippen molar-refractivity contribution in [3.8, 4) is 0 Å². The topological polar surface area (TPSA) is 143 Å². The summed E-state index contributed by atoms with van der Waals surface area (Å²) in [6.45, 7) is -0.287. The lowest BCUT2D eigenvalue weighted by atomic mass is 10.1. The average Bonchev–Trinajstić information content (AvgIpc) is 3.02. The van der Waals surface area contributed by atoms with E-state index in [1.165, 1.54) is 7.11 Å². The molecule has 2 aromatic rings. The highest BCUT2D eigenvalue weighted by Crippen LogP contribution is 2.30. The number of nitrogens with one attached hydrogen (secondary N) is 2. The first kappa shape index (κ1) is 20.0. The first-order chi connectivity index (χ1) is 13.5. The van der Waals surface area contributed by atoms with Crippen molar-refractivity contribution in [3.05, 3.63) is 68.5 Å². The van der Waals surface area contributed by atoms with Gasteiger partial charge in [0.1, 0.15) is 23.9 Å². The standard InChI is InChI=1S/C18H21N3O7/c1-27-14-13(23)12(9-22)28-17(14)21-8-11(16(25)20-18(21)26)15(24)19-7-10-5-3-2-4-6-10/h2-6,8,12-14,17,22-23H,7,9H2,1H3,(H,19,24)(H,20,25,26)/t12-,13-,14-,17-/m1/s1. The van der Waals surface area contributed by atoms with E-state index in [1.807, 2.05) is 30.3 Å². The van der Waals surface area contributed by atoms with E-state index in [-0.39, 0.29) is 12.1 Å². The van der Waals surface area contributed by atoms with Crippen LogP contribution in [0, 0.1) is 0 Å².